The third-order valence-corrected chi connectivity index (χ3v) is 4.96. The van der Waals surface area contributed by atoms with Crippen LogP contribution in [0.2, 0.25) is 0 Å². The van der Waals surface area contributed by atoms with Crippen molar-refractivity contribution in [2.45, 2.75) is 12.5 Å². The van der Waals surface area contributed by atoms with E-state index in [0.29, 0.717) is 12.5 Å². The summed E-state index contributed by atoms with van der Waals surface area (Å²) in [5.74, 6) is 0.239. The molecule has 0 aliphatic carbocycles. The van der Waals surface area contributed by atoms with E-state index < -0.39 is 0 Å². The van der Waals surface area contributed by atoms with Crippen LogP contribution in [0, 0.1) is 0 Å². The van der Waals surface area contributed by atoms with Crippen LogP contribution in [0.25, 0.3) is 0 Å². The lowest BCUT2D eigenvalue weighted by molar-refractivity contribution is -0.138. The van der Waals surface area contributed by atoms with Gasteiger partial charge in [-0.15, -0.1) is 0 Å². The summed E-state index contributed by atoms with van der Waals surface area (Å²) < 4.78 is 1.02. The topological polar surface area (TPSA) is 35.6 Å². The maximum atomic E-state index is 12.2. The Bertz CT molecular complexity index is 482. The normalized spacial score (nSPS) is 20.8. The zero-order valence-electron chi connectivity index (χ0n) is 11.5. The van der Waals surface area contributed by atoms with E-state index in [9.17, 15) is 4.79 Å². The van der Waals surface area contributed by atoms with Crippen molar-refractivity contribution < 1.29 is 4.79 Å². The van der Waals surface area contributed by atoms with Crippen LogP contribution in [0.3, 0.4) is 0 Å². The van der Waals surface area contributed by atoms with Crippen molar-refractivity contribution in [2.24, 2.45) is 0 Å². The summed E-state index contributed by atoms with van der Waals surface area (Å²) in [4.78, 5) is 16.7. The van der Waals surface area contributed by atoms with Gasteiger partial charge >= 0.3 is 0 Å². The molecule has 0 radical (unpaired) electrons. The Morgan fingerprint density at radius 2 is 1.95 bits per heavy atom. The van der Waals surface area contributed by atoms with Crippen LogP contribution in [0.1, 0.15) is 5.56 Å². The van der Waals surface area contributed by atoms with Crippen LogP contribution >= 0.6 is 15.9 Å². The number of nitrogens with zero attached hydrogens (tertiary/aromatic N) is 2. The third kappa shape index (κ3) is 3.05. The number of nitrogens with one attached hydrogen (secondary N) is 1. The predicted molar refractivity (Wildman–Crippen MR) is 82.7 cm³/mol. The summed E-state index contributed by atoms with van der Waals surface area (Å²) in [7, 11) is 0. The largest absolute Gasteiger partial charge is 0.339 e. The molecular weight excluding hydrogens is 318 g/mol. The Hall–Kier alpha value is -0.910. The number of amides is 1. The van der Waals surface area contributed by atoms with Crippen molar-refractivity contribution >= 4 is 21.8 Å². The Labute approximate surface area is 128 Å². The van der Waals surface area contributed by atoms with Gasteiger partial charge in [0.1, 0.15) is 0 Å². The summed E-state index contributed by atoms with van der Waals surface area (Å²) in [6, 6.07) is 8.52. The number of likely N-dealkylation sites (tertiary alicyclic amines) is 1. The number of rotatable bonds is 3. The lowest BCUT2D eigenvalue weighted by atomic mass is 10.0. The molecule has 0 unspecified atom stereocenters. The number of hydrogen-bond acceptors (Lipinski definition) is 3. The first-order chi connectivity index (χ1) is 9.74. The molecule has 1 amide bonds. The van der Waals surface area contributed by atoms with E-state index in [1.807, 2.05) is 29.2 Å². The second kappa shape index (κ2) is 6.24. The lowest BCUT2D eigenvalue weighted by Crippen LogP contribution is -2.64. The van der Waals surface area contributed by atoms with Crippen LogP contribution < -0.4 is 5.32 Å². The van der Waals surface area contributed by atoms with Gasteiger partial charge in [0.2, 0.25) is 5.91 Å². The second-order valence-corrected chi connectivity index (χ2v) is 6.36. The predicted octanol–water partition coefficient (Wildman–Crippen LogP) is 1.11. The van der Waals surface area contributed by atoms with Crippen LogP contribution in [0.15, 0.2) is 28.7 Å². The average molecular weight is 338 g/mol. The van der Waals surface area contributed by atoms with Crippen molar-refractivity contribution in [3.63, 3.8) is 0 Å². The van der Waals surface area contributed by atoms with Gasteiger partial charge in [-0.3, -0.25) is 9.69 Å². The molecule has 1 aromatic rings. The van der Waals surface area contributed by atoms with E-state index in [1.54, 1.807) is 0 Å². The molecule has 0 aromatic heterocycles. The van der Waals surface area contributed by atoms with E-state index in [0.717, 1.165) is 49.3 Å². The lowest BCUT2D eigenvalue weighted by Gasteiger charge is -2.46. The summed E-state index contributed by atoms with van der Waals surface area (Å²) >= 11 is 3.50. The summed E-state index contributed by atoms with van der Waals surface area (Å²) in [5, 5.41) is 3.36. The van der Waals surface area contributed by atoms with E-state index >= 15 is 0 Å². The van der Waals surface area contributed by atoms with Gasteiger partial charge in [-0.1, -0.05) is 34.1 Å². The van der Waals surface area contributed by atoms with Gasteiger partial charge in [-0.25, -0.2) is 0 Å². The number of carbonyl (C=O) groups excluding carboxylic acids is 1. The Morgan fingerprint density at radius 1 is 1.25 bits per heavy atom. The highest BCUT2D eigenvalue weighted by atomic mass is 79.9. The fraction of sp³-hybridized carbons (Fsp3) is 0.533. The number of hydrogen-bond donors (Lipinski definition) is 1. The molecule has 5 heteroatoms. The molecule has 0 bridgehead atoms. The van der Waals surface area contributed by atoms with Gasteiger partial charge in [-0.05, 0) is 11.6 Å². The minimum atomic E-state index is 0.239. The number of piperazine rings is 1. The zero-order chi connectivity index (χ0) is 13.9. The molecule has 4 nitrogen and oxygen atoms in total. The molecule has 0 spiro atoms. The fourth-order valence-corrected chi connectivity index (χ4v) is 3.28. The summed E-state index contributed by atoms with van der Waals surface area (Å²) in [6.07, 6.45) is 0.496. The van der Waals surface area contributed by atoms with Gasteiger partial charge in [0, 0.05) is 49.8 Å². The van der Waals surface area contributed by atoms with Crippen molar-refractivity contribution in [1.29, 1.82) is 0 Å². The highest BCUT2D eigenvalue weighted by Crippen LogP contribution is 2.20. The van der Waals surface area contributed by atoms with Crippen LogP contribution in [-0.2, 0) is 11.2 Å². The molecule has 2 fully saturated rings. The van der Waals surface area contributed by atoms with Crippen molar-refractivity contribution in [3.05, 3.63) is 34.3 Å². The highest BCUT2D eigenvalue weighted by Gasteiger charge is 2.34. The molecule has 2 heterocycles. The maximum absolute atomic E-state index is 12.2. The summed E-state index contributed by atoms with van der Waals surface area (Å²) in [5.41, 5.74) is 1.07. The highest BCUT2D eigenvalue weighted by molar-refractivity contribution is 9.10. The van der Waals surface area contributed by atoms with E-state index in [4.69, 9.17) is 0 Å². The van der Waals surface area contributed by atoms with E-state index in [-0.39, 0.29) is 5.91 Å². The quantitative estimate of drug-likeness (QED) is 0.897. The first-order valence-electron chi connectivity index (χ1n) is 7.20. The first-order valence-corrected chi connectivity index (χ1v) is 7.99. The number of benzene rings is 1. The first kappa shape index (κ1) is 14.0. The Morgan fingerprint density at radius 3 is 2.65 bits per heavy atom. The Kier molecular flexibility index (Phi) is 4.38. The van der Waals surface area contributed by atoms with Crippen LogP contribution in [-0.4, -0.2) is 61.0 Å². The third-order valence-electron chi connectivity index (χ3n) is 4.18. The minimum Gasteiger partial charge on any atom is -0.339 e. The molecule has 3 rings (SSSR count). The van der Waals surface area contributed by atoms with Crippen LogP contribution in [0.4, 0.5) is 0 Å². The van der Waals surface area contributed by atoms with Gasteiger partial charge in [0.05, 0.1) is 6.42 Å². The smallest absolute Gasteiger partial charge is 0.227 e. The summed E-state index contributed by atoms with van der Waals surface area (Å²) in [6.45, 7) is 6.14. The monoisotopic (exact) mass is 337 g/mol. The van der Waals surface area contributed by atoms with Crippen molar-refractivity contribution in [3.8, 4) is 0 Å². The molecule has 0 saturated carbocycles. The van der Waals surface area contributed by atoms with E-state index in [2.05, 4.69) is 26.1 Å². The molecule has 2 saturated heterocycles. The van der Waals surface area contributed by atoms with Gasteiger partial charge in [0.15, 0.2) is 0 Å². The molecular formula is C15H20BrN3O. The molecule has 2 aliphatic heterocycles. The van der Waals surface area contributed by atoms with Crippen LogP contribution in [0.5, 0.6) is 0 Å². The molecule has 1 N–H and O–H groups in total. The molecule has 20 heavy (non-hydrogen) atoms. The standard InChI is InChI=1S/C15H20BrN3O/c16-14-4-2-1-3-12(14)9-15(20)19-10-13(11-19)18-7-5-17-6-8-18/h1-4,13,17H,5-11H2. The average Bonchev–Trinajstić information content (AvgIpc) is 2.41. The van der Waals surface area contributed by atoms with Gasteiger partial charge < -0.3 is 10.2 Å². The zero-order valence-corrected chi connectivity index (χ0v) is 13.1. The SMILES string of the molecule is O=C(Cc1ccccc1Br)N1CC(N2CCNCC2)C1. The molecule has 108 valence electrons. The van der Waals surface area contributed by atoms with E-state index in [1.165, 1.54) is 0 Å². The maximum Gasteiger partial charge on any atom is 0.227 e. The molecule has 1 aromatic carbocycles. The fourth-order valence-electron chi connectivity index (χ4n) is 2.85. The molecule has 2 aliphatic rings. The Balaban J connectivity index is 1.49. The number of halogens is 1. The van der Waals surface area contributed by atoms with Crippen molar-refractivity contribution in [2.75, 3.05) is 39.3 Å². The molecule has 0 atom stereocenters. The number of carbonyl (C=O) groups is 1. The second-order valence-electron chi connectivity index (χ2n) is 5.51. The van der Waals surface area contributed by atoms with Gasteiger partial charge in [0.25, 0.3) is 0 Å². The van der Waals surface area contributed by atoms with Gasteiger partial charge in [-0.2, -0.15) is 0 Å². The van der Waals surface area contributed by atoms with Crippen molar-refractivity contribution in [1.82, 2.24) is 15.1 Å². The minimum absolute atomic E-state index is 0.239.